The molecule has 0 bridgehead atoms. The van der Waals surface area contributed by atoms with Crippen LogP contribution in [-0.2, 0) is 0 Å². The largest absolute Gasteiger partial charge is 0.321 e. The number of nitrogens with zero attached hydrogens (tertiary/aromatic N) is 1. The monoisotopic (exact) mass is 432 g/mol. The lowest BCUT2D eigenvalue weighted by Gasteiger charge is -2.06. The van der Waals surface area contributed by atoms with Crippen molar-refractivity contribution in [3.63, 3.8) is 0 Å². The van der Waals surface area contributed by atoms with E-state index in [9.17, 15) is 4.79 Å². The van der Waals surface area contributed by atoms with Gasteiger partial charge in [-0.3, -0.25) is 4.79 Å². The topological polar surface area (TPSA) is 52.9 Å². The normalized spacial score (nSPS) is 9.83. The Kier molecular flexibility index (Phi) is 4.37. The third-order valence-corrected chi connectivity index (χ3v) is 4.62. The van der Waals surface area contributed by atoms with Gasteiger partial charge in [-0.2, -0.15) is 5.26 Å². The van der Waals surface area contributed by atoms with Gasteiger partial charge >= 0.3 is 0 Å². The zero-order valence-corrected chi connectivity index (χ0v) is 13.5. The fourth-order valence-electron chi connectivity index (χ4n) is 1.31. The van der Waals surface area contributed by atoms with Gasteiger partial charge in [-0.1, -0.05) is 0 Å². The van der Waals surface area contributed by atoms with Gasteiger partial charge in [0.15, 0.2) is 0 Å². The Hall–Kier alpha value is -0.910. The Morgan fingerprint density at radius 2 is 2.22 bits per heavy atom. The number of carbonyl (C=O) groups is 1. The van der Waals surface area contributed by atoms with Gasteiger partial charge in [0, 0.05) is 9.85 Å². The molecule has 1 N–H and O–H groups in total. The van der Waals surface area contributed by atoms with Crippen LogP contribution in [0.5, 0.6) is 0 Å². The molecular formula is C12H6BrIN2OS. The predicted molar refractivity (Wildman–Crippen MR) is 83.8 cm³/mol. The third kappa shape index (κ3) is 3.10. The molecular weight excluding hydrogens is 427 g/mol. The summed E-state index contributed by atoms with van der Waals surface area (Å²) < 4.78 is 1.76. The molecule has 0 spiro atoms. The van der Waals surface area contributed by atoms with Crippen LogP contribution in [0.1, 0.15) is 15.9 Å². The molecule has 1 amide bonds. The number of carbonyl (C=O) groups excluding carboxylic acids is 1. The van der Waals surface area contributed by atoms with Crippen LogP contribution in [0.25, 0.3) is 0 Å². The highest BCUT2D eigenvalue weighted by atomic mass is 127. The SMILES string of the molecule is N#Cc1ccc(NC(=O)c2csc(I)c2)c(Br)c1. The van der Waals surface area contributed by atoms with Crippen molar-refractivity contribution in [3.05, 3.63) is 48.1 Å². The van der Waals surface area contributed by atoms with Crippen molar-refractivity contribution in [2.24, 2.45) is 0 Å². The van der Waals surface area contributed by atoms with E-state index in [1.165, 1.54) is 11.3 Å². The predicted octanol–water partition coefficient (Wildman–Crippen LogP) is 4.24. The number of halogens is 2. The molecule has 6 heteroatoms. The van der Waals surface area contributed by atoms with Crippen LogP contribution in [0, 0.1) is 14.2 Å². The highest BCUT2D eigenvalue weighted by Gasteiger charge is 2.10. The molecule has 0 saturated carbocycles. The summed E-state index contributed by atoms with van der Waals surface area (Å²) in [5.41, 5.74) is 1.84. The molecule has 3 nitrogen and oxygen atoms in total. The van der Waals surface area contributed by atoms with Gasteiger partial charge in [-0.25, -0.2) is 0 Å². The maximum atomic E-state index is 11.9. The summed E-state index contributed by atoms with van der Waals surface area (Å²) in [5.74, 6) is -0.153. The van der Waals surface area contributed by atoms with Gasteiger partial charge in [-0.05, 0) is 62.8 Å². The quantitative estimate of drug-likeness (QED) is 0.721. The summed E-state index contributed by atoms with van der Waals surface area (Å²) in [4.78, 5) is 11.9. The standard InChI is InChI=1S/C12H6BrIN2OS/c13-9-3-7(5-15)1-2-10(9)16-12(17)8-4-11(14)18-6-8/h1-4,6H,(H,16,17). The van der Waals surface area contributed by atoms with Crippen molar-refractivity contribution in [1.29, 1.82) is 5.26 Å². The van der Waals surface area contributed by atoms with Crippen LogP contribution < -0.4 is 5.32 Å². The Bertz CT molecular complexity index is 648. The lowest BCUT2D eigenvalue weighted by Crippen LogP contribution is -2.11. The Labute approximate surface area is 130 Å². The van der Waals surface area contributed by atoms with Crippen LogP contribution in [-0.4, -0.2) is 5.91 Å². The number of benzene rings is 1. The van der Waals surface area contributed by atoms with Gasteiger partial charge in [0.1, 0.15) is 0 Å². The number of hydrogen-bond donors (Lipinski definition) is 1. The van der Waals surface area contributed by atoms with E-state index in [2.05, 4.69) is 43.8 Å². The Morgan fingerprint density at radius 3 is 2.78 bits per heavy atom. The van der Waals surface area contributed by atoms with E-state index in [-0.39, 0.29) is 5.91 Å². The van der Waals surface area contributed by atoms with Gasteiger partial charge < -0.3 is 5.32 Å². The molecule has 0 aliphatic rings. The van der Waals surface area contributed by atoms with E-state index in [0.717, 1.165) is 2.88 Å². The molecule has 0 unspecified atom stereocenters. The smallest absolute Gasteiger partial charge is 0.256 e. The molecule has 2 rings (SSSR count). The van der Waals surface area contributed by atoms with Crippen LogP contribution in [0.4, 0.5) is 5.69 Å². The Balaban J connectivity index is 2.20. The molecule has 1 heterocycles. The van der Waals surface area contributed by atoms with Crippen LogP contribution >= 0.6 is 49.9 Å². The number of nitrogens with one attached hydrogen (secondary N) is 1. The molecule has 0 radical (unpaired) electrons. The maximum absolute atomic E-state index is 11.9. The van der Waals surface area contributed by atoms with Crippen molar-refractivity contribution < 1.29 is 4.79 Å². The average Bonchev–Trinajstić information content (AvgIpc) is 2.78. The van der Waals surface area contributed by atoms with Crippen molar-refractivity contribution in [2.45, 2.75) is 0 Å². The zero-order valence-electron chi connectivity index (χ0n) is 8.91. The fourth-order valence-corrected chi connectivity index (χ4v) is 3.11. The van der Waals surface area contributed by atoms with E-state index < -0.39 is 0 Å². The first-order valence-electron chi connectivity index (χ1n) is 4.85. The molecule has 0 fully saturated rings. The van der Waals surface area contributed by atoms with Crippen molar-refractivity contribution in [3.8, 4) is 6.07 Å². The van der Waals surface area contributed by atoms with Crippen LogP contribution in [0.15, 0.2) is 34.1 Å². The second kappa shape index (κ2) is 5.82. The maximum Gasteiger partial charge on any atom is 0.256 e. The van der Waals surface area contributed by atoms with Crippen LogP contribution in [0.3, 0.4) is 0 Å². The molecule has 0 aliphatic heterocycles. The molecule has 1 aromatic carbocycles. The van der Waals surface area contributed by atoms with Gasteiger partial charge in [0.2, 0.25) is 0 Å². The first kappa shape index (κ1) is 13.5. The fraction of sp³-hybridized carbons (Fsp3) is 0. The number of hydrogen-bond acceptors (Lipinski definition) is 3. The lowest BCUT2D eigenvalue weighted by molar-refractivity contribution is 0.102. The first-order chi connectivity index (χ1) is 8.60. The van der Waals surface area contributed by atoms with E-state index in [1.807, 2.05) is 17.5 Å². The number of rotatable bonds is 2. The molecule has 1 aromatic heterocycles. The molecule has 0 saturated heterocycles. The molecule has 2 aromatic rings. The molecule has 90 valence electrons. The summed E-state index contributed by atoms with van der Waals surface area (Å²) >= 11 is 7.03. The molecule has 0 atom stereocenters. The summed E-state index contributed by atoms with van der Waals surface area (Å²) in [6.45, 7) is 0. The second-order valence-electron chi connectivity index (χ2n) is 3.40. The van der Waals surface area contributed by atoms with Crippen molar-refractivity contribution in [1.82, 2.24) is 0 Å². The minimum atomic E-state index is -0.153. The number of nitriles is 1. The first-order valence-corrected chi connectivity index (χ1v) is 7.60. The van der Waals surface area contributed by atoms with Crippen LogP contribution in [0.2, 0.25) is 0 Å². The van der Waals surface area contributed by atoms with Gasteiger partial charge in [-0.15, -0.1) is 11.3 Å². The average molecular weight is 433 g/mol. The summed E-state index contributed by atoms with van der Waals surface area (Å²) in [6, 6.07) is 8.92. The van der Waals surface area contributed by atoms with Crippen molar-refractivity contribution >= 4 is 61.5 Å². The van der Waals surface area contributed by atoms with Gasteiger partial charge in [0.05, 0.1) is 25.8 Å². The van der Waals surface area contributed by atoms with E-state index in [0.29, 0.717) is 21.3 Å². The second-order valence-corrected chi connectivity index (χ2v) is 7.06. The Morgan fingerprint density at radius 1 is 1.44 bits per heavy atom. The third-order valence-electron chi connectivity index (χ3n) is 2.18. The molecule has 18 heavy (non-hydrogen) atoms. The van der Waals surface area contributed by atoms with Gasteiger partial charge in [0.25, 0.3) is 5.91 Å². The van der Waals surface area contributed by atoms with E-state index in [4.69, 9.17) is 5.26 Å². The summed E-state index contributed by atoms with van der Waals surface area (Å²) in [7, 11) is 0. The van der Waals surface area contributed by atoms with E-state index in [1.54, 1.807) is 18.2 Å². The lowest BCUT2D eigenvalue weighted by atomic mass is 10.2. The number of anilines is 1. The number of amides is 1. The highest BCUT2D eigenvalue weighted by Crippen LogP contribution is 2.25. The summed E-state index contributed by atoms with van der Waals surface area (Å²) in [6.07, 6.45) is 0. The summed E-state index contributed by atoms with van der Waals surface area (Å²) in [5, 5.41) is 13.4. The highest BCUT2D eigenvalue weighted by molar-refractivity contribution is 14.1. The molecule has 0 aliphatic carbocycles. The number of thiophene rings is 1. The zero-order chi connectivity index (χ0) is 13.1. The van der Waals surface area contributed by atoms with E-state index >= 15 is 0 Å². The minimum Gasteiger partial charge on any atom is -0.321 e. The van der Waals surface area contributed by atoms with Crippen molar-refractivity contribution in [2.75, 3.05) is 5.32 Å². The minimum absolute atomic E-state index is 0.153.